The first-order chi connectivity index (χ1) is 10.3. The quantitative estimate of drug-likeness (QED) is 0.648. The maximum atomic E-state index is 2.57. The lowest BCUT2D eigenvalue weighted by atomic mass is 10.0. The van der Waals surface area contributed by atoms with Crippen molar-refractivity contribution in [3.05, 3.63) is 71.8 Å². The summed E-state index contributed by atoms with van der Waals surface area (Å²) in [6, 6.07) is 21.6. The Hall–Kier alpha value is -1.60. The van der Waals surface area contributed by atoms with E-state index >= 15 is 0 Å². The Morgan fingerprint density at radius 3 is 1.71 bits per heavy atom. The molecule has 21 heavy (non-hydrogen) atoms. The maximum Gasteiger partial charge on any atom is 0.0237 e. The van der Waals surface area contributed by atoms with Gasteiger partial charge in [-0.3, -0.25) is 4.90 Å². The minimum absolute atomic E-state index is 0.805. The highest BCUT2D eigenvalue weighted by atomic mass is 15.1. The molecule has 2 aromatic rings. The van der Waals surface area contributed by atoms with Crippen LogP contribution in [0.25, 0.3) is 0 Å². The molecule has 0 saturated heterocycles. The summed E-state index contributed by atoms with van der Waals surface area (Å²) in [7, 11) is 0. The number of nitrogens with zero attached hydrogens (tertiary/aromatic N) is 1. The number of benzene rings is 2. The van der Waals surface area contributed by atoms with Gasteiger partial charge in [-0.2, -0.15) is 0 Å². The van der Waals surface area contributed by atoms with E-state index in [2.05, 4.69) is 79.4 Å². The molecule has 112 valence electrons. The normalized spacial score (nSPS) is 12.5. The minimum Gasteiger partial charge on any atom is -0.295 e. The molecular weight excluding hydrogens is 254 g/mol. The van der Waals surface area contributed by atoms with Gasteiger partial charge in [-0.25, -0.2) is 0 Å². The summed E-state index contributed by atoms with van der Waals surface area (Å²) in [5, 5.41) is 0. The zero-order valence-electron chi connectivity index (χ0n) is 13.3. The summed E-state index contributed by atoms with van der Waals surface area (Å²) in [6.45, 7) is 7.86. The number of hydrogen-bond donors (Lipinski definition) is 0. The van der Waals surface area contributed by atoms with Crippen LogP contribution >= 0.6 is 0 Å². The third-order valence-electron chi connectivity index (χ3n) is 4.13. The predicted molar refractivity (Wildman–Crippen MR) is 91.1 cm³/mol. The summed E-state index contributed by atoms with van der Waals surface area (Å²) in [5.74, 6) is 0.805. The molecule has 2 aromatic carbocycles. The van der Waals surface area contributed by atoms with Crippen LogP contribution in [0.15, 0.2) is 60.7 Å². The van der Waals surface area contributed by atoms with E-state index in [1.165, 1.54) is 30.5 Å². The second kappa shape index (κ2) is 8.63. The van der Waals surface area contributed by atoms with Gasteiger partial charge in [-0.05, 0) is 30.0 Å². The predicted octanol–water partition coefficient (Wildman–Crippen LogP) is 5.13. The standard InChI is InChI=1S/C20H27N/c1-3-18(2)14-15-21(16-19-10-6-4-7-11-19)17-20-12-8-5-9-13-20/h4-13,18H,3,14-17H2,1-2H3/t18-/m0/s1. The number of rotatable bonds is 8. The van der Waals surface area contributed by atoms with E-state index < -0.39 is 0 Å². The molecule has 0 saturated carbocycles. The van der Waals surface area contributed by atoms with E-state index in [-0.39, 0.29) is 0 Å². The fourth-order valence-corrected chi connectivity index (χ4v) is 2.50. The Morgan fingerprint density at radius 2 is 1.29 bits per heavy atom. The van der Waals surface area contributed by atoms with Crippen LogP contribution in [0, 0.1) is 5.92 Å². The molecule has 0 heterocycles. The highest BCUT2D eigenvalue weighted by molar-refractivity contribution is 5.17. The molecule has 1 atom stereocenters. The van der Waals surface area contributed by atoms with Crippen molar-refractivity contribution in [3.63, 3.8) is 0 Å². The highest BCUT2D eigenvalue weighted by Gasteiger charge is 2.09. The molecular formula is C20H27N. The van der Waals surface area contributed by atoms with Gasteiger partial charge < -0.3 is 0 Å². The molecule has 1 nitrogen and oxygen atoms in total. The van der Waals surface area contributed by atoms with Crippen molar-refractivity contribution in [3.8, 4) is 0 Å². The van der Waals surface area contributed by atoms with Crippen molar-refractivity contribution in [2.24, 2.45) is 5.92 Å². The Bertz CT molecular complexity index is 450. The average molecular weight is 281 g/mol. The molecule has 0 aliphatic carbocycles. The lowest BCUT2D eigenvalue weighted by molar-refractivity contribution is 0.237. The van der Waals surface area contributed by atoms with Crippen molar-refractivity contribution in [1.29, 1.82) is 0 Å². The van der Waals surface area contributed by atoms with Crippen LogP contribution in [-0.4, -0.2) is 11.4 Å². The summed E-state index contributed by atoms with van der Waals surface area (Å²) >= 11 is 0. The van der Waals surface area contributed by atoms with Crippen LogP contribution in [0.3, 0.4) is 0 Å². The molecule has 0 N–H and O–H groups in total. The van der Waals surface area contributed by atoms with Gasteiger partial charge in [0.25, 0.3) is 0 Å². The summed E-state index contributed by atoms with van der Waals surface area (Å²) in [4.78, 5) is 2.57. The van der Waals surface area contributed by atoms with Crippen LogP contribution in [-0.2, 0) is 13.1 Å². The first-order valence-corrected chi connectivity index (χ1v) is 8.08. The zero-order chi connectivity index (χ0) is 14.9. The molecule has 0 radical (unpaired) electrons. The van der Waals surface area contributed by atoms with E-state index in [4.69, 9.17) is 0 Å². The highest BCUT2D eigenvalue weighted by Crippen LogP contribution is 2.14. The molecule has 2 rings (SSSR count). The average Bonchev–Trinajstić information content (AvgIpc) is 2.54. The summed E-state index contributed by atoms with van der Waals surface area (Å²) in [5.41, 5.74) is 2.80. The maximum absolute atomic E-state index is 2.57. The van der Waals surface area contributed by atoms with Gasteiger partial charge >= 0.3 is 0 Å². The Balaban J connectivity index is 1.99. The topological polar surface area (TPSA) is 3.24 Å². The van der Waals surface area contributed by atoms with Gasteiger partial charge in [-0.1, -0.05) is 80.9 Å². The first-order valence-electron chi connectivity index (χ1n) is 8.08. The van der Waals surface area contributed by atoms with Crippen molar-refractivity contribution in [2.75, 3.05) is 6.54 Å². The molecule has 0 aliphatic rings. The Kier molecular flexibility index (Phi) is 6.49. The summed E-state index contributed by atoms with van der Waals surface area (Å²) in [6.07, 6.45) is 2.54. The minimum atomic E-state index is 0.805. The van der Waals surface area contributed by atoms with E-state index in [0.717, 1.165) is 19.0 Å². The molecule has 0 aliphatic heterocycles. The van der Waals surface area contributed by atoms with Gasteiger partial charge in [0, 0.05) is 13.1 Å². The third kappa shape index (κ3) is 5.73. The van der Waals surface area contributed by atoms with Crippen molar-refractivity contribution < 1.29 is 0 Å². The fraction of sp³-hybridized carbons (Fsp3) is 0.400. The van der Waals surface area contributed by atoms with Crippen molar-refractivity contribution >= 4 is 0 Å². The van der Waals surface area contributed by atoms with Gasteiger partial charge in [0.05, 0.1) is 0 Å². The van der Waals surface area contributed by atoms with Crippen molar-refractivity contribution in [1.82, 2.24) is 4.90 Å². The first kappa shape index (κ1) is 15.8. The fourth-order valence-electron chi connectivity index (χ4n) is 2.50. The second-order valence-electron chi connectivity index (χ2n) is 5.98. The van der Waals surface area contributed by atoms with Crippen LogP contribution in [0.1, 0.15) is 37.8 Å². The number of hydrogen-bond acceptors (Lipinski definition) is 1. The van der Waals surface area contributed by atoms with Gasteiger partial charge in [0.15, 0.2) is 0 Å². The zero-order valence-corrected chi connectivity index (χ0v) is 13.3. The summed E-state index contributed by atoms with van der Waals surface area (Å²) < 4.78 is 0. The van der Waals surface area contributed by atoms with E-state index in [1.54, 1.807) is 0 Å². The van der Waals surface area contributed by atoms with Gasteiger partial charge in [-0.15, -0.1) is 0 Å². The molecule has 0 amide bonds. The Morgan fingerprint density at radius 1 is 0.810 bits per heavy atom. The van der Waals surface area contributed by atoms with Crippen molar-refractivity contribution in [2.45, 2.75) is 39.8 Å². The molecule has 0 spiro atoms. The molecule has 0 unspecified atom stereocenters. The SMILES string of the molecule is CC[C@H](C)CCN(Cc1ccccc1)Cc1ccccc1. The smallest absolute Gasteiger partial charge is 0.0237 e. The van der Waals surface area contributed by atoms with Crippen LogP contribution in [0.5, 0.6) is 0 Å². The Labute approximate surface area is 129 Å². The van der Waals surface area contributed by atoms with E-state index in [1.807, 2.05) is 0 Å². The lowest BCUT2D eigenvalue weighted by Crippen LogP contribution is -2.25. The van der Waals surface area contributed by atoms with Crippen LogP contribution in [0.4, 0.5) is 0 Å². The molecule has 1 heteroatoms. The van der Waals surface area contributed by atoms with Crippen LogP contribution < -0.4 is 0 Å². The van der Waals surface area contributed by atoms with Gasteiger partial charge in [0.2, 0.25) is 0 Å². The molecule has 0 aromatic heterocycles. The molecule has 0 bridgehead atoms. The van der Waals surface area contributed by atoms with Crippen LogP contribution in [0.2, 0.25) is 0 Å². The van der Waals surface area contributed by atoms with E-state index in [0.29, 0.717) is 0 Å². The molecule has 0 fully saturated rings. The third-order valence-corrected chi connectivity index (χ3v) is 4.13. The monoisotopic (exact) mass is 281 g/mol. The second-order valence-corrected chi connectivity index (χ2v) is 5.98. The van der Waals surface area contributed by atoms with Gasteiger partial charge in [0.1, 0.15) is 0 Å². The largest absolute Gasteiger partial charge is 0.295 e. The lowest BCUT2D eigenvalue weighted by Gasteiger charge is -2.24. The van der Waals surface area contributed by atoms with E-state index in [9.17, 15) is 0 Å².